The Hall–Kier alpha value is -2.13. The molecule has 0 bridgehead atoms. The number of pyridine rings is 1. The van der Waals surface area contributed by atoms with E-state index in [-0.39, 0.29) is 22.7 Å². The number of ether oxygens (including phenoxy) is 1. The third-order valence-corrected chi connectivity index (χ3v) is 6.74. The molecule has 3 rings (SSSR count). The summed E-state index contributed by atoms with van der Waals surface area (Å²) in [4.78, 5) is 15.9. The number of hydrogen-bond acceptors (Lipinski definition) is 5. The first-order chi connectivity index (χ1) is 12.7. The Balaban J connectivity index is 1.65. The highest BCUT2D eigenvalue weighted by molar-refractivity contribution is 7.89. The number of aryl methyl sites for hydroxylation is 1. The van der Waals surface area contributed by atoms with Crippen molar-refractivity contribution in [2.45, 2.75) is 50.8 Å². The fourth-order valence-corrected chi connectivity index (χ4v) is 4.44. The van der Waals surface area contributed by atoms with Gasteiger partial charge in [0, 0.05) is 44.1 Å². The number of nitrogens with zero attached hydrogens (tertiary/aromatic N) is 4. The first-order valence-corrected chi connectivity index (χ1v) is 10.5. The topological polar surface area (TPSA) is 86.4 Å². The predicted octanol–water partition coefficient (Wildman–Crippen LogP) is 1.70. The van der Waals surface area contributed by atoms with Crippen molar-refractivity contribution in [2.75, 3.05) is 13.1 Å². The zero-order valence-electron chi connectivity index (χ0n) is 16.1. The molecule has 0 atom stereocenters. The average molecular weight is 394 g/mol. The molecule has 0 spiro atoms. The van der Waals surface area contributed by atoms with Gasteiger partial charge in [-0.15, -0.1) is 0 Å². The first kappa shape index (κ1) is 19.6. The summed E-state index contributed by atoms with van der Waals surface area (Å²) in [6.07, 6.45) is 4.14. The lowest BCUT2D eigenvalue weighted by molar-refractivity contribution is 0.134. The first-order valence-electron chi connectivity index (χ1n) is 9.06. The molecule has 2 aromatic heterocycles. The van der Waals surface area contributed by atoms with Crippen LogP contribution in [-0.4, -0.2) is 46.0 Å². The third kappa shape index (κ3) is 4.08. The summed E-state index contributed by atoms with van der Waals surface area (Å²) in [5, 5.41) is 0.0812. The lowest BCUT2D eigenvalue weighted by Crippen LogP contribution is -2.42. The standard InChI is InChI=1S/C18H26N4O4S/c1-13(2)21-11-17(19-12-21)27(24,25)22-7-5-15(6-8-22)26-16-9-14(3)20(4)18(23)10-16/h9-13,15H,5-8H2,1-4H3. The van der Waals surface area contributed by atoms with Crippen molar-refractivity contribution >= 4 is 10.0 Å². The molecule has 27 heavy (non-hydrogen) atoms. The molecule has 2 aromatic rings. The van der Waals surface area contributed by atoms with E-state index in [1.54, 1.807) is 28.7 Å². The summed E-state index contributed by atoms with van der Waals surface area (Å²) in [6.45, 7) is 6.52. The van der Waals surface area contributed by atoms with Gasteiger partial charge in [0.05, 0.1) is 6.33 Å². The molecule has 0 N–H and O–H groups in total. The highest BCUT2D eigenvalue weighted by Gasteiger charge is 2.32. The third-order valence-electron chi connectivity index (χ3n) is 4.96. The van der Waals surface area contributed by atoms with Crippen LogP contribution in [0.1, 0.15) is 38.4 Å². The SMILES string of the molecule is Cc1cc(OC2CCN(S(=O)(=O)c3cn(C(C)C)cn3)CC2)cc(=O)n1C. The van der Waals surface area contributed by atoms with Crippen LogP contribution in [0.3, 0.4) is 0 Å². The normalized spacial score (nSPS) is 16.8. The van der Waals surface area contributed by atoms with Gasteiger partial charge < -0.3 is 13.9 Å². The maximum atomic E-state index is 12.8. The van der Waals surface area contributed by atoms with Crippen molar-refractivity contribution in [3.63, 3.8) is 0 Å². The fraction of sp³-hybridized carbons (Fsp3) is 0.556. The summed E-state index contributed by atoms with van der Waals surface area (Å²) in [5.74, 6) is 0.535. The second-order valence-corrected chi connectivity index (χ2v) is 9.09. The summed E-state index contributed by atoms with van der Waals surface area (Å²) >= 11 is 0. The molecule has 0 aromatic carbocycles. The van der Waals surface area contributed by atoms with E-state index in [2.05, 4.69) is 4.98 Å². The van der Waals surface area contributed by atoms with Gasteiger partial charge in [0.15, 0.2) is 5.03 Å². The molecule has 0 unspecified atom stereocenters. The minimum atomic E-state index is -3.60. The molecular formula is C18H26N4O4S. The number of aromatic nitrogens is 3. The van der Waals surface area contributed by atoms with E-state index < -0.39 is 10.0 Å². The highest BCUT2D eigenvalue weighted by atomic mass is 32.2. The van der Waals surface area contributed by atoms with Crippen LogP contribution in [0, 0.1) is 6.92 Å². The molecule has 8 nitrogen and oxygen atoms in total. The molecule has 0 saturated carbocycles. The van der Waals surface area contributed by atoms with Crippen LogP contribution < -0.4 is 10.3 Å². The highest BCUT2D eigenvalue weighted by Crippen LogP contribution is 2.23. The van der Waals surface area contributed by atoms with Crippen molar-refractivity contribution in [3.05, 3.63) is 40.7 Å². The maximum Gasteiger partial charge on any atom is 0.262 e. The van der Waals surface area contributed by atoms with Crippen LogP contribution in [0.5, 0.6) is 5.75 Å². The Labute approximate surface area is 159 Å². The van der Waals surface area contributed by atoms with Gasteiger partial charge in [-0.25, -0.2) is 13.4 Å². The van der Waals surface area contributed by atoms with Gasteiger partial charge in [0.2, 0.25) is 0 Å². The zero-order chi connectivity index (χ0) is 19.8. The van der Waals surface area contributed by atoms with Gasteiger partial charge in [0.25, 0.3) is 15.6 Å². The molecule has 148 valence electrons. The van der Waals surface area contributed by atoms with Crippen molar-refractivity contribution in [1.82, 2.24) is 18.4 Å². The number of imidazole rings is 1. The van der Waals surface area contributed by atoms with E-state index in [4.69, 9.17) is 4.74 Å². The van der Waals surface area contributed by atoms with Crippen LogP contribution in [0.15, 0.2) is 34.5 Å². The average Bonchev–Trinajstić information content (AvgIpc) is 3.11. The minimum Gasteiger partial charge on any atom is -0.490 e. The van der Waals surface area contributed by atoms with Gasteiger partial charge in [-0.3, -0.25) is 4.79 Å². The summed E-state index contributed by atoms with van der Waals surface area (Å²) in [5.41, 5.74) is 0.698. The Kier molecular flexibility index (Phi) is 5.43. The lowest BCUT2D eigenvalue weighted by atomic mass is 10.1. The Morgan fingerprint density at radius 2 is 1.89 bits per heavy atom. The van der Waals surface area contributed by atoms with Crippen molar-refractivity contribution < 1.29 is 13.2 Å². The van der Waals surface area contributed by atoms with E-state index in [1.807, 2.05) is 26.8 Å². The van der Waals surface area contributed by atoms with E-state index in [9.17, 15) is 13.2 Å². The van der Waals surface area contributed by atoms with Crippen LogP contribution >= 0.6 is 0 Å². The van der Waals surface area contributed by atoms with E-state index in [0.717, 1.165) is 5.69 Å². The Morgan fingerprint density at radius 3 is 2.44 bits per heavy atom. The van der Waals surface area contributed by atoms with Crippen molar-refractivity contribution in [1.29, 1.82) is 0 Å². The second-order valence-electron chi connectivity index (χ2n) is 7.20. The quantitative estimate of drug-likeness (QED) is 0.770. The summed E-state index contributed by atoms with van der Waals surface area (Å²) in [7, 11) is -1.88. The number of piperidine rings is 1. The molecule has 0 radical (unpaired) electrons. The van der Waals surface area contributed by atoms with Gasteiger partial charge in [-0.2, -0.15) is 4.31 Å². The molecule has 0 amide bonds. The van der Waals surface area contributed by atoms with E-state index in [1.165, 1.54) is 10.4 Å². The number of rotatable bonds is 5. The van der Waals surface area contributed by atoms with Gasteiger partial charge in [-0.1, -0.05) is 0 Å². The van der Waals surface area contributed by atoms with Gasteiger partial charge >= 0.3 is 0 Å². The van der Waals surface area contributed by atoms with Gasteiger partial charge in [-0.05, 0) is 39.7 Å². The summed E-state index contributed by atoms with van der Waals surface area (Å²) < 4.78 is 36.3. The summed E-state index contributed by atoms with van der Waals surface area (Å²) in [6, 6.07) is 3.44. The smallest absolute Gasteiger partial charge is 0.262 e. The lowest BCUT2D eigenvalue weighted by Gasteiger charge is -2.31. The Bertz CT molecular complexity index is 969. The number of hydrogen-bond donors (Lipinski definition) is 0. The predicted molar refractivity (Wildman–Crippen MR) is 101 cm³/mol. The van der Waals surface area contributed by atoms with Crippen LogP contribution in [0.2, 0.25) is 0 Å². The largest absolute Gasteiger partial charge is 0.490 e. The molecule has 1 saturated heterocycles. The molecule has 1 aliphatic rings. The van der Waals surface area contributed by atoms with Crippen LogP contribution in [0.4, 0.5) is 0 Å². The molecule has 1 fully saturated rings. The van der Waals surface area contributed by atoms with Crippen molar-refractivity contribution in [3.8, 4) is 5.75 Å². The Morgan fingerprint density at radius 1 is 1.22 bits per heavy atom. The molecule has 9 heteroatoms. The minimum absolute atomic E-state index is 0.0812. The number of sulfonamides is 1. The van der Waals surface area contributed by atoms with E-state index >= 15 is 0 Å². The van der Waals surface area contributed by atoms with Crippen LogP contribution in [0.25, 0.3) is 0 Å². The second kappa shape index (κ2) is 7.47. The maximum absolute atomic E-state index is 12.8. The molecular weight excluding hydrogens is 368 g/mol. The molecule has 1 aliphatic heterocycles. The van der Waals surface area contributed by atoms with Crippen LogP contribution in [-0.2, 0) is 17.1 Å². The monoisotopic (exact) mass is 394 g/mol. The molecule has 3 heterocycles. The van der Waals surface area contributed by atoms with Crippen molar-refractivity contribution in [2.24, 2.45) is 7.05 Å². The zero-order valence-corrected chi connectivity index (χ0v) is 16.9. The fourth-order valence-electron chi connectivity index (χ4n) is 3.05. The van der Waals surface area contributed by atoms with Gasteiger partial charge in [0.1, 0.15) is 11.9 Å². The van der Waals surface area contributed by atoms with E-state index in [0.29, 0.717) is 31.7 Å². The molecule has 0 aliphatic carbocycles.